The predicted octanol–water partition coefficient (Wildman–Crippen LogP) is 1.45. The van der Waals surface area contributed by atoms with Gasteiger partial charge in [-0.05, 0) is 31.5 Å². The number of hydrogen-bond donors (Lipinski definition) is 1. The molecule has 9 nitrogen and oxygen atoms in total. The average molecular weight is 400 g/mol. The molecule has 3 heterocycles. The normalized spacial score (nSPS) is 19.7. The van der Waals surface area contributed by atoms with Crippen LogP contribution in [0, 0.1) is 5.92 Å². The van der Waals surface area contributed by atoms with Crippen LogP contribution in [0.1, 0.15) is 43.1 Å². The third kappa shape index (κ3) is 5.38. The van der Waals surface area contributed by atoms with E-state index in [9.17, 15) is 9.59 Å². The van der Waals surface area contributed by atoms with Crippen molar-refractivity contribution in [2.24, 2.45) is 5.92 Å². The van der Waals surface area contributed by atoms with Crippen molar-refractivity contribution < 1.29 is 14.3 Å². The molecular formula is C20H28N6O3. The van der Waals surface area contributed by atoms with Crippen LogP contribution in [-0.2, 0) is 9.53 Å². The molecule has 1 fully saturated rings. The largest absolute Gasteiger partial charge is 0.469 e. The number of esters is 1. The Morgan fingerprint density at radius 1 is 1.28 bits per heavy atom. The number of nitrogens with zero attached hydrogens (tertiary/aromatic N) is 5. The van der Waals surface area contributed by atoms with Gasteiger partial charge < -0.3 is 15.0 Å². The minimum absolute atomic E-state index is 0.211. The second kappa shape index (κ2) is 10.1. The summed E-state index contributed by atoms with van der Waals surface area (Å²) in [6, 6.07) is 3.04. The molecule has 0 aromatic carbocycles. The van der Waals surface area contributed by atoms with Gasteiger partial charge in [0.25, 0.3) is 5.91 Å². The van der Waals surface area contributed by atoms with Gasteiger partial charge in [-0.2, -0.15) is 0 Å². The highest BCUT2D eigenvalue weighted by atomic mass is 16.5. The van der Waals surface area contributed by atoms with E-state index in [4.69, 9.17) is 4.74 Å². The molecule has 29 heavy (non-hydrogen) atoms. The van der Waals surface area contributed by atoms with E-state index in [0.29, 0.717) is 18.8 Å². The first kappa shape index (κ1) is 20.9. The summed E-state index contributed by atoms with van der Waals surface area (Å²) in [7, 11) is 1.39. The Hall–Kier alpha value is -2.81. The minimum atomic E-state index is -0.391. The molecule has 2 unspecified atom stereocenters. The van der Waals surface area contributed by atoms with Crippen LogP contribution >= 0.6 is 0 Å². The van der Waals surface area contributed by atoms with Gasteiger partial charge in [0.1, 0.15) is 6.33 Å². The molecule has 0 saturated carbocycles. The van der Waals surface area contributed by atoms with Crippen molar-refractivity contribution in [1.82, 2.24) is 30.0 Å². The highest BCUT2D eigenvalue weighted by molar-refractivity contribution is 5.92. The summed E-state index contributed by atoms with van der Waals surface area (Å²) < 4.78 is 6.69. The molecule has 0 bridgehead atoms. The Morgan fingerprint density at radius 3 is 2.79 bits per heavy atom. The van der Waals surface area contributed by atoms with Crippen molar-refractivity contribution in [3.63, 3.8) is 0 Å². The molecule has 156 valence electrons. The molecule has 2 aromatic rings. The number of carbonyl (C=O) groups excluding carboxylic acids is 2. The molecule has 2 atom stereocenters. The van der Waals surface area contributed by atoms with Gasteiger partial charge in [-0.25, -0.2) is 4.98 Å². The van der Waals surface area contributed by atoms with E-state index in [2.05, 4.69) is 32.3 Å². The van der Waals surface area contributed by atoms with Crippen LogP contribution in [0.3, 0.4) is 0 Å². The lowest BCUT2D eigenvalue weighted by atomic mass is 9.91. The van der Waals surface area contributed by atoms with Gasteiger partial charge in [0, 0.05) is 31.5 Å². The Labute approximate surface area is 170 Å². The number of carbonyl (C=O) groups is 2. The van der Waals surface area contributed by atoms with E-state index in [1.54, 1.807) is 35.4 Å². The second-order valence-electron chi connectivity index (χ2n) is 7.25. The van der Waals surface area contributed by atoms with E-state index in [0.717, 1.165) is 25.9 Å². The summed E-state index contributed by atoms with van der Waals surface area (Å²) in [6.07, 6.45) is 9.14. The quantitative estimate of drug-likeness (QED) is 0.528. The van der Waals surface area contributed by atoms with Gasteiger partial charge in [0.2, 0.25) is 0 Å². The Kier molecular flexibility index (Phi) is 7.29. The lowest BCUT2D eigenvalue weighted by Gasteiger charge is -2.37. The fourth-order valence-electron chi connectivity index (χ4n) is 3.59. The lowest BCUT2D eigenvalue weighted by Crippen LogP contribution is -2.54. The molecular weight excluding hydrogens is 372 g/mol. The van der Waals surface area contributed by atoms with Gasteiger partial charge in [-0.1, -0.05) is 19.8 Å². The van der Waals surface area contributed by atoms with Crippen LogP contribution in [0.5, 0.6) is 0 Å². The zero-order valence-corrected chi connectivity index (χ0v) is 17.0. The zero-order chi connectivity index (χ0) is 20.6. The Morgan fingerprint density at radius 2 is 2.14 bits per heavy atom. The molecule has 0 radical (unpaired) electrons. The number of unbranched alkanes of at least 4 members (excludes halogenated alkanes) is 2. The number of amides is 1. The zero-order valence-electron chi connectivity index (χ0n) is 17.0. The fraction of sp³-hybridized carbons (Fsp3) is 0.550. The van der Waals surface area contributed by atoms with Gasteiger partial charge in [0.15, 0.2) is 11.5 Å². The van der Waals surface area contributed by atoms with E-state index in [-0.39, 0.29) is 23.6 Å². The molecule has 2 aromatic heterocycles. The summed E-state index contributed by atoms with van der Waals surface area (Å²) in [5, 5.41) is 11.0. The molecule has 3 rings (SSSR count). The summed E-state index contributed by atoms with van der Waals surface area (Å²) in [5.74, 6) is -0.450. The molecule has 9 heteroatoms. The molecule has 1 N–H and O–H groups in total. The number of piperidine rings is 1. The number of nitrogens with one attached hydrogen (secondary N) is 1. The van der Waals surface area contributed by atoms with Crippen LogP contribution < -0.4 is 5.32 Å². The van der Waals surface area contributed by atoms with Crippen LogP contribution in [0.4, 0.5) is 0 Å². The van der Waals surface area contributed by atoms with Gasteiger partial charge >= 0.3 is 5.97 Å². The van der Waals surface area contributed by atoms with Crippen LogP contribution in [0.15, 0.2) is 30.9 Å². The number of rotatable bonds is 8. The highest BCUT2D eigenvalue weighted by Gasteiger charge is 2.36. The number of aromatic nitrogens is 4. The lowest BCUT2D eigenvalue weighted by molar-refractivity contribution is -0.148. The first-order chi connectivity index (χ1) is 14.1. The van der Waals surface area contributed by atoms with Crippen LogP contribution in [0.25, 0.3) is 5.82 Å². The van der Waals surface area contributed by atoms with E-state index >= 15 is 0 Å². The molecule has 1 aliphatic rings. The Bertz CT molecular complexity index is 793. The van der Waals surface area contributed by atoms with E-state index in [1.165, 1.54) is 13.5 Å². The van der Waals surface area contributed by atoms with Crippen molar-refractivity contribution in [3.05, 3.63) is 36.5 Å². The maximum atomic E-state index is 12.7. The van der Waals surface area contributed by atoms with Crippen molar-refractivity contribution in [1.29, 1.82) is 0 Å². The topological polar surface area (TPSA) is 102 Å². The highest BCUT2D eigenvalue weighted by Crippen LogP contribution is 2.20. The molecule has 1 amide bonds. The number of methoxy groups -OCH3 is 1. The maximum Gasteiger partial charge on any atom is 0.312 e. The standard InChI is InChI=1S/C20H28N6O3/c1-3-4-5-10-25-11-8-16(15(13-25)20(28)29-2)22-19(27)17-6-7-18(24-23-17)26-12-9-21-14-26/h6-7,9,12,14-16H,3-5,8,10-11,13H2,1-2H3,(H,22,27). The fourth-order valence-corrected chi connectivity index (χ4v) is 3.59. The number of imidazole rings is 1. The van der Waals surface area contributed by atoms with Crippen molar-refractivity contribution >= 4 is 11.9 Å². The smallest absolute Gasteiger partial charge is 0.312 e. The first-order valence-corrected chi connectivity index (χ1v) is 10.1. The number of likely N-dealkylation sites (tertiary alicyclic amines) is 1. The monoisotopic (exact) mass is 400 g/mol. The van der Waals surface area contributed by atoms with Crippen molar-refractivity contribution in [3.8, 4) is 5.82 Å². The molecule has 0 spiro atoms. The molecule has 1 aliphatic heterocycles. The van der Waals surface area contributed by atoms with Gasteiger partial charge in [0.05, 0.1) is 13.0 Å². The van der Waals surface area contributed by atoms with E-state index in [1.807, 2.05) is 0 Å². The maximum absolute atomic E-state index is 12.7. The third-order valence-corrected chi connectivity index (χ3v) is 5.25. The minimum Gasteiger partial charge on any atom is -0.469 e. The number of hydrogen-bond acceptors (Lipinski definition) is 7. The molecule has 1 saturated heterocycles. The van der Waals surface area contributed by atoms with Gasteiger partial charge in [-0.3, -0.25) is 14.2 Å². The second-order valence-corrected chi connectivity index (χ2v) is 7.25. The molecule has 0 aliphatic carbocycles. The van der Waals surface area contributed by atoms with Gasteiger partial charge in [-0.15, -0.1) is 10.2 Å². The van der Waals surface area contributed by atoms with Crippen LogP contribution in [0.2, 0.25) is 0 Å². The summed E-state index contributed by atoms with van der Waals surface area (Å²) in [5.41, 5.74) is 0.211. The van der Waals surface area contributed by atoms with E-state index < -0.39 is 5.92 Å². The summed E-state index contributed by atoms with van der Waals surface area (Å²) in [4.78, 5) is 31.2. The van der Waals surface area contributed by atoms with Crippen LogP contribution in [-0.4, -0.2) is 69.3 Å². The summed E-state index contributed by atoms with van der Waals surface area (Å²) >= 11 is 0. The van der Waals surface area contributed by atoms with Crippen molar-refractivity contribution in [2.45, 2.75) is 38.6 Å². The predicted molar refractivity (Wildman–Crippen MR) is 106 cm³/mol. The Balaban J connectivity index is 1.62. The van der Waals surface area contributed by atoms with Crippen molar-refractivity contribution in [2.75, 3.05) is 26.7 Å². The SMILES string of the molecule is CCCCCN1CCC(NC(=O)c2ccc(-n3ccnc3)nn2)C(C(=O)OC)C1. The third-order valence-electron chi connectivity index (χ3n) is 5.25. The number of ether oxygens (including phenoxy) is 1. The first-order valence-electron chi connectivity index (χ1n) is 10.1. The summed E-state index contributed by atoms with van der Waals surface area (Å²) in [6.45, 7) is 4.56. The average Bonchev–Trinajstić information content (AvgIpc) is 3.29.